The van der Waals surface area contributed by atoms with Crippen LogP contribution in [0.25, 0.3) is 0 Å². The van der Waals surface area contributed by atoms with E-state index in [1.54, 1.807) is 19.2 Å². The maximum Gasteiger partial charge on any atom is 0.303 e. The molecular formula is C29H34O12. The molecule has 5 atom stereocenters. The number of rotatable bonds is 11. The molecule has 2 aromatic rings. The van der Waals surface area contributed by atoms with E-state index in [-0.39, 0.29) is 6.61 Å². The monoisotopic (exact) mass is 574 g/mol. The van der Waals surface area contributed by atoms with Crippen LogP contribution in [-0.2, 0) is 49.3 Å². The summed E-state index contributed by atoms with van der Waals surface area (Å²) in [6.07, 6.45) is -6.08. The lowest BCUT2D eigenvalue weighted by Crippen LogP contribution is -2.63. The van der Waals surface area contributed by atoms with Gasteiger partial charge in [-0.2, -0.15) is 0 Å². The molecule has 0 aromatic heterocycles. The number of esters is 4. The topological polar surface area (TPSA) is 142 Å². The molecule has 1 aliphatic heterocycles. The fourth-order valence-electron chi connectivity index (χ4n) is 4.29. The molecule has 0 bridgehead atoms. The maximum absolute atomic E-state index is 12.1. The highest BCUT2D eigenvalue weighted by molar-refractivity contribution is 5.68. The fraction of sp³-hybridized carbons (Fsp3) is 0.448. The molecule has 12 heteroatoms. The summed E-state index contributed by atoms with van der Waals surface area (Å²) in [5.74, 6) is -1.30. The molecule has 41 heavy (non-hydrogen) atoms. The van der Waals surface area contributed by atoms with Crippen molar-refractivity contribution in [3.63, 3.8) is 0 Å². The minimum Gasteiger partial charge on any atom is -0.497 e. The van der Waals surface area contributed by atoms with E-state index in [4.69, 9.17) is 37.9 Å². The first-order valence-electron chi connectivity index (χ1n) is 12.8. The molecular weight excluding hydrogens is 540 g/mol. The largest absolute Gasteiger partial charge is 0.497 e. The second-order valence-corrected chi connectivity index (χ2v) is 9.18. The van der Waals surface area contributed by atoms with E-state index in [0.717, 1.165) is 31.9 Å². The zero-order valence-corrected chi connectivity index (χ0v) is 23.7. The molecule has 0 N–H and O–H groups in total. The Bertz CT molecular complexity index is 1220. The highest BCUT2D eigenvalue weighted by atomic mass is 16.7. The third-order valence-corrected chi connectivity index (χ3v) is 6.02. The smallest absolute Gasteiger partial charge is 0.303 e. The lowest BCUT2D eigenvalue weighted by atomic mass is 9.98. The molecule has 0 radical (unpaired) electrons. The number of ether oxygens (including phenoxy) is 8. The van der Waals surface area contributed by atoms with Crippen molar-refractivity contribution in [1.82, 2.24) is 0 Å². The Morgan fingerprint density at radius 1 is 0.707 bits per heavy atom. The van der Waals surface area contributed by atoms with Gasteiger partial charge in [0.1, 0.15) is 30.0 Å². The van der Waals surface area contributed by atoms with Gasteiger partial charge in [-0.05, 0) is 29.3 Å². The van der Waals surface area contributed by atoms with Crippen molar-refractivity contribution < 1.29 is 57.1 Å². The average Bonchev–Trinajstić information content (AvgIpc) is 2.91. The van der Waals surface area contributed by atoms with Crippen molar-refractivity contribution in [2.45, 2.75) is 64.8 Å². The quantitative estimate of drug-likeness (QED) is 0.288. The molecule has 1 fully saturated rings. The Kier molecular flexibility index (Phi) is 10.9. The number of carbonyl (C=O) groups is 4. The molecule has 0 saturated carbocycles. The zero-order valence-electron chi connectivity index (χ0n) is 23.7. The third kappa shape index (κ3) is 8.84. The van der Waals surface area contributed by atoms with Crippen molar-refractivity contribution in [1.29, 1.82) is 0 Å². The van der Waals surface area contributed by atoms with Gasteiger partial charge < -0.3 is 37.9 Å². The van der Waals surface area contributed by atoms with Crippen molar-refractivity contribution in [2.75, 3.05) is 20.8 Å². The highest BCUT2D eigenvalue weighted by Crippen LogP contribution is 2.34. The standard InChI is InChI=1S/C29H34O12/c1-16(30)36-15-25-26(37-17(2)31)27(38-18(3)32)28(39-19(4)33)29(41-25)40-24-14-23(35-6)12-9-21(24)13-20-7-10-22(34-5)11-8-20/h7-12,14,25-29H,13,15H2,1-6H3/t25-,26-,27+,28-,29+/m1/s1. The molecule has 1 saturated heterocycles. The summed E-state index contributed by atoms with van der Waals surface area (Å²) in [6.45, 7) is 4.29. The first-order valence-corrected chi connectivity index (χ1v) is 12.8. The first kappa shape index (κ1) is 31.2. The van der Waals surface area contributed by atoms with Crippen LogP contribution in [0.5, 0.6) is 17.2 Å². The number of hydrogen-bond acceptors (Lipinski definition) is 12. The minimum absolute atomic E-state index is 0.320. The molecule has 12 nitrogen and oxygen atoms in total. The van der Waals surface area contributed by atoms with Crippen LogP contribution in [0.15, 0.2) is 42.5 Å². The van der Waals surface area contributed by atoms with Gasteiger partial charge in [0.25, 0.3) is 0 Å². The highest BCUT2D eigenvalue weighted by Gasteiger charge is 2.53. The second kappa shape index (κ2) is 14.4. The molecule has 222 valence electrons. The van der Waals surface area contributed by atoms with E-state index in [9.17, 15) is 19.2 Å². The summed E-state index contributed by atoms with van der Waals surface area (Å²) < 4.78 is 44.5. The van der Waals surface area contributed by atoms with Crippen LogP contribution in [0.1, 0.15) is 38.8 Å². The van der Waals surface area contributed by atoms with Gasteiger partial charge >= 0.3 is 23.9 Å². The van der Waals surface area contributed by atoms with E-state index in [2.05, 4.69) is 0 Å². The van der Waals surface area contributed by atoms with Crippen LogP contribution >= 0.6 is 0 Å². The zero-order chi connectivity index (χ0) is 30.1. The maximum atomic E-state index is 12.1. The van der Waals surface area contributed by atoms with Crippen LogP contribution < -0.4 is 14.2 Å². The molecule has 0 aliphatic carbocycles. The Labute approximate surface area is 237 Å². The summed E-state index contributed by atoms with van der Waals surface area (Å²) >= 11 is 0. The number of hydrogen-bond donors (Lipinski definition) is 0. The van der Waals surface area contributed by atoms with Gasteiger partial charge in [-0.25, -0.2) is 0 Å². The first-order chi connectivity index (χ1) is 19.5. The van der Waals surface area contributed by atoms with Gasteiger partial charge in [-0.3, -0.25) is 19.2 Å². The molecule has 0 unspecified atom stereocenters. The van der Waals surface area contributed by atoms with E-state index < -0.39 is 54.6 Å². The molecule has 1 aliphatic rings. The van der Waals surface area contributed by atoms with Crippen molar-refractivity contribution >= 4 is 23.9 Å². The van der Waals surface area contributed by atoms with Crippen LogP contribution in [0.3, 0.4) is 0 Å². The Hall–Kier alpha value is -4.32. The van der Waals surface area contributed by atoms with E-state index >= 15 is 0 Å². The molecule has 0 amide bonds. The predicted molar refractivity (Wildman–Crippen MR) is 141 cm³/mol. The van der Waals surface area contributed by atoms with E-state index in [0.29, 0.717) is 23.7 Å². The van der Waals surface area contributed by atoms with Crippen LogP contribution in [0.2, 0.25) is 0 Å². The van der Waals surface area contributed by atoms with Gasteiger partial charge in [0.05, 0.1) is 14.2 Å². The number of benzene rings is 2. The molecule has 0 spiro atoms. The number of methoxy groups -OCH3 is 2. The van der Waals surface area contributed by atoms with E-state index in [1.807, 2.05) is 30.3 Å². The summed E-state index contributed by atoms with van der Waals surface area (Å²) in [7, 11) is 3.08. The lowest BCUT2D eigenvalue weighted by molar-refractivity contribution is -0.288. The van der Waals surface area contributed by atoms with Gasteiger partial charge in [-0.15, -0.1) is 0 Å². The summed E-state index contributed by atoms with van der Waals surface area (Å²) in [6, 6.07) is 12.7. The number of carbonyl (C=O) groups excluding carboxylic acids is 4. The van der Waals surface area contributed by atoms with Crippen LogP contribution in [0, 0.1) is 0 Å². The lowest BCUT2D eigenvalue weighted by Gasteiger charge is -2.44. The summed E-state index contributed by atoms with van der Waals surface area (Å²) in [4.78, 5) is 47.8. The molecule has 2 aromatic carbocycles. The van der Waals surface area contributed by atoms with Crippen molar-refractivity contribution in [2.24, 2.45) is 0 Å². The normalized spacial score (nSPS) is 21.7. The third-order valence-electron chi connectivity index (χ3n) is 6.02. The van der Waals surface area contributed by atoms with Crippen molar-refractivity contribution in [3.8, 4) is 17.2 Å². The molecule has 3 rings (SSSR count). The van der Waals surface area contributed by atoms with Gasteiger partial charge in [0.2, 0.25) is 12.4 Å². The minimum atomic E-state index is -1.38. The van der Waals surface area contributed by atoms with Gasteiger partial charge in [0.15, 0.2) is 12.2 Å². The summed E-state index contributed by atoms with van der Waals surface area (Å²) in [5, 5.41) is 0. The van der Waals surface area contributed by atoms with Gasteiger partial charge in [-0.1, -0.05) is 18.2 Å². The average molecular weight is 575 g/mol. The Balaban J connectivity index is 2.04. The fourth-order valence-corrected chi connectivity index (χ4v) is 4.29. The Morgan fingerprint density at radius 2 is 1.27 bits per heavy atom. The summed E-state index contributed by atoms with van der Waals surface area (Å²) in [5.41, 5.74) is 1.67. The van der Waals surface area contributed by atoms with Gasteiger partial charge in [0, 0.05) is 40.2 Å². The SMILES string of the molecule is COc1ccc(Cc2ccc(OC)cc2O[C@H]2O[C@H](COC(C)=O)[C@@H](OC(C)=O)[C@H](OC(C)=O)[C@H]2OC(C)=O)cc1. The van der Waals surface area contributed by atoms with Crippen molar-refractivity contribution in [3.05, 3.63) is 53.6 Å². The van der Waals surface area contributed by atoms with Crippen LogP contribution in [0.4, 0.5) is 0 Å². The van der Waals surface area contributed by atoms with Crippen LogP contribution in [-0.4, -0.2) is 75.4 Å². The second-order valence-electron chi connectivity index (χ2n) is 9.18. The predicted octanol–water partition coefficient (Wildman–Crippen LogP) is 2.76. The Morgan fingerprint density at radius 3 is 1.83 bits per heavy atom. The molecule has 1 heterocycles. The van der Waals surface area contributed by atoms with E-state index in [1.165, 1.54) is 14.0 Å².